The highest BCUT2D eigenvalue weighted by Gasteiger charge is 2.35. The number of carbonyl (C=O) groups excluding carboxylic acids is 2. The lowest BCUT2D eigenvalue weighted by atomic mass is 10.0. The number of hydrogen-bond acceptors (Lipinski definition) is 10. The summed E-state index contributed by atoms with van der Waals surface area (Å²) in [5, 5.41) is 7.86. The fraction of sp³-hybridized carbons (Fsp3) is 0.286. The van der Waals surface area contributed by atoms with Gasteiger partial charge in [0, 0.05) is 45.5 Å². The van der Waals surface area contributed by atoms with E-state index in [9.17, 15) is 26.4 Å². The van der Waals surface area contributed by atoms with Gasteiger partial charge in [-0.15, -0.1) is 0 Å². The largest absolute Gasteiger partial charge is 0.360 e. The van der Waals surface area contributed by atoms with Crippen LogP contribution in [0, 0.1) is 0 Å². The molecule has 2 fully saturated rings. The molecule has 2 aromatic heterocycles. The van der Waals surface area contributed by atoms with Crippen LogP contribution in [-0.2, 0) is 19.7 Å². The minimum atomic E-state index is -3.57. The third-order valence-corrected chi connectivity index (χ3v) is 9.50. The van der Waals surface area contributed by atoms with E-state index in [4.69, 9.17) is 32.2 Å². The Morgan fingerprint density at radius 3 is 1.33 bits per heavy atom. The maximum Gasteiger partial charge on any atom is 0.199 e. The van der Waals surface area contributed by atoms with Crippen LogP contribution in [0.15, 0.2) is 67.6 Å². The van der Waals surface area contributed by atoms with Gasteiger partial charge in [-0.2, -0.15) is 0 Å². The van der Waals surface area contributed by atoms with Crippen LogP contribution in [-0.4, -0.2) is 51.2 Å². The molecule has 0 saturated heterocycles. The van der Waals surface area contributed by atoms with Crippen molar-refractivity contribution >= 4 is 54.4 Å². The molecule has 42 heavy (non-hydrogen) atoms. The van der Waals surface area contributed by atoms with Crippen LogP contribution in [0.2, 0.25) is 10.0 Å². The van der Waals surface area contributed by atoms with Crippen molar-refractivity contribution in [1.82, 2.24) is 10.3 Å². The molecule has 0 unspecified atom stereocenters. The molecule has 4 aromatic rings. The maximum absolute atomic E-state index is 12.6. The summed E-state index contributed by atoms with van der Waals surface area (Å²) < 4.78 is 57.7. The number of sulfone groups is 2. The molecule has 0 atom stereocenters. The number of ketones is 2. The second kappa shape index (κ2) is 11.4. The molecule has 0 N–H and O–H groups in total. The lowest BCUT2D eigenvalue weighted by molar-refractivity contribution is 0.102. The predicted molar refractivity (Wildman–Crippen MR) is 153 cm³/mol. The van der Waals surface area contributed by atoms with E-state index in [1.807, 2.05) is 0 Å². The van der Waals surface area contributed by atoms with E-state index >= 15 is 0 Å². The van der Waals surface area contributed by atoms with Crippen molar-refractivity contribution in [1.29, 1.82) is 0 Å². The van der Waals surface area contributed by atoms with Crippen LogP contribution in [0.4, 0.5) is 0 Å². The van der Waals surface area contributed by atoms with E-state index in [1.165, 1.54) is 48.8 Å². The number of aromatic nitrogens is 2. The first kappa shape index (κ1) is 30.1. The predicted octanol–water partition coefficient (Wildman–Crippen LogP) is 5.68. The van der Waals surface area contributed by atoms with E-state index in [0.29, 0.717) is 22.6 Å². The van der Waals surface area contributed by atoms with Crippen LogP contribution < -0.4 is 0 Å². The SMILES string of the molecule is CS(=O)(=O)c1cc(Cl)ccc1C(=O)c1cnoc1C1CC1.CS(=O)(=O)c1cc(Cl)ccc1C(=O)c1cnoc1C1CC1. The summed E-state index contributed by atoms with van der Waals surface area (Å²) in [6.07, 6.45) is 8.59. The number of carbonyl (C=O) groups is 2. The molecule has 2 aliphatic carbocycles. The Labute approximate surface area is 251 Å². The number of rotatable bonds is 8. The molecule has 220 valence electrons. The standard InChI is InChI=1S/2C14H12ClNO4S/c2*1-21(18,19)12-6-9(15)4-5-10(12)13(17)11-7-16-20-14(11)8-2-3-8/h2*4-8H,2-3H2,1H3. The van der Waals surface area contributed by atoms with Crippen molar-refractivity contribution in [2.24, 2.45) is 0 Å². The Morgan fingerprint density at radius 2 is 1.02 bits per heavy atom. The van der Waals surface area contributed by atoms with Gasteiger partial charge in [0.15, 0.2) is 42.8 Å². The number of nitrogens with zero attached hydrogens (tertiary/aromatic N) is 2. The van der Waals surface area contributed by atoms with E-state index in [-0.39, 0.29) is 42.8 Å². The molecule has 2 heterocycles. The summed E-state index contributed by atoms with van der Waals surface area (Å²) in [7, 11) is -7.13. The summed E-state index contributed by atoms with van der Waals surface area (Å²) in [5.74, 6) is 0.676. The van der Waals surface area contributed by atoms with Crippen LogP contribution in [0.5, 0.6) is 0 Å². The van der Waals surface area contributed by atoms with Gasteiger partial charge in [-0.3, -0.25) is 9.59 Å². The molecule has 2 aliphatic rings. The quantitative estimate of drug-likeness (QED) is 0.217. The Balaban J connectivity index is 0.000000168. The van der Waals surface area contributed by atoms with Crippen molar-refractivity contribution in [3.8, 4) is 0 Å². The number of halogens is 2. The molecule has 0 amide bonds. The minimum Gasteiger partial charge on any atom is -0.360 e. The highest BCUT2D eigenvalue weighted by atomic mass is 35.5. The van der Waals surface area contributed by atoms with Crippen molar-refractivity contribution in [3.63, 3.8) is 0 Å². The lowest BCUT2D eigenvalue weighted by Crippen LogP contribution is -2.10. The zero-order chi connectivity index (χ0) is 30.4. The molecule has 6 rings (SSSR count). The molecule has 2 aromatic carbocycles. The second-order valence-corrected chi connectivity index (χ2v) is 15.1. The minimum absolute atomic E-state index is 0.0806. The second-order valence-electron chi connectivity index (χ2n) is 10.2. The average molecular weight is 652 g/mol. The van der Waals surface area contributed by atoms with Gasteiger partial charge >= 0.3 is 0 Å². The van der Waals surface area contributed by atoms with Crippen molar-refractivity contribution < 1.29 is 35.5 Å². The van der Waals surface area contributed by atoms with Gasteiger partial charge in [-0.25, -0.2) is 16.8 Å². The van der Waals surface area contributed by atoms with E-state index < -0.39 is 31.2 Å². The van der Waals surface area contributed by atoms with Gasteiger partial charge in [0.05, 0.1) is 33.3 Å². The van der Waals surface area contributed by atoms with Gasteiger partial charge in [0.2, 0.25) is 0 Å². The summed E-state index contributed by atoms with van der Waals surface area (Å²) in [6.45, 7) is 0. The molecule has 14 heteroatoms. The molecular formula is C28H24Cl2N2O8S2. The van der Waals surface area contributed by atoms with Crippen molar-refractivity contribution in [2.75, 3.05) is 12.5 Å². The molecular weight excluding hydrogens is 627 g/mol. The Morgan fingerprint density at radius 1 is 0.667 bits per heavy atom. The van der Waals surface area contributed by atoms with E-state index in [0.717, 1.165) is 38.2 Å². The van der Waals surface area contributed by atoms with Crippen LogP contribution in [0.3, 0.4) is 0 Å². The van der Waals surface area contributed by atoms with Gasteiger partial charge < -0.3 is 9.05 Å². The number of hydrogen-bond donors (Lipinski definition) is 0. The Bertz CT molecular complexity index is 1780. The molecule has 0 radical (unpaired) electrons. The molecule has 0 bridgehead atoms. The first-order valence-electron chi connectivity index (χ1n) is 12.7. The third-order valence-electron chi connectivity index (χ3n) is 6.76. The maximum atomic E-state index is 12.6. The highest BCUT2D eigenvalue weighted by Crippen LogP contribution is 2.43. The molecule has 0 spiro atoms. The van der Waals surface area contributed by atoms with Gasteiger partial charge in [-0.1, -0.05) is 33.5 Å². The summed E-state index contributed by atoms with van der Waals surface area (Å²) in [5.41, 5.74) is 0.827. The summed E-state index contributed by atoms with van der Waals surface area (Å²) in [4.78, 5) is 25.1. The van der Waals surface area contributed by atoms with Crippen molar-refractivity contribution in [3.05, 3.63) is 92.6 Å². The van der Waals surface area contributed by atoms with Gasteiger partial charge in [0.25, 0.3) is 0 Å². The van der Waals surface area contributed by atoms with Gasteiger partial charge in [0.1, 0.15) is 0 Å². The van der Waals surface area contributed by atoms with Crippen LogP contribution >= 0.6 is 23.2 Å². The average Bonchev–Trinajstić information content (AvgIpc) is 3.86. The zero-order valence-corrected chi connectivity index (χ0v) is 25.5. The van der Waals surface area contributed by atoms with E-state index in [1.54, 1.807) is 0 Å². The van der Waals surface area contributed by atoms with Crippen LogP contribution in [0.25, 0.3) is 0 Å². The fourth-order valence-corrected chi connectivity index (χ4v) is 6.67. The van der Waals surface area contributed by atoms with Crippen LogP contribution in [0.1, 0.15) is 80.9 Å². The first-order valence-corrected chi connectivity index (χ1v) is 17.3. The van der Waals surface area contributed by atoms with Crippen molar-refractivity contribution in [2.45, 2.75) is 47.3 Å². The number of benzene rings is 2. The Kier molecular flexibility index (Phi) is 8.18. The Hall–Kier alpha value is -3.32. The smallest absolute Gasteiger partial charge is 0.199 e. The topological polar surface area (TPSA) is 154 Å². The first-order chi connectivity index (χ1) is 19.8. The fourth-order valence-electron chi connectivity index (χ4n) is 4.39. The molecule has 10 nitrogen and oxygen atoms in total. The highest BCUT2D eigenvalue weighted by molar-refractivity contribution is 7.91. The molecule has 2 saturated carbocycles. The van der Waals surface area contributed by atoms with Gasteiger partial charge in [-0.05, 0) is 62.1 Å². The monoisotopic (exact) mass is 650 g/mol. The summed E-state index contributed by atoms with van der Waals surface area (Å²) >= 11 is 11.7. The zero-order valence-electron chi connectivity index (χ0n) is 22.3. The van der Waals surface area contributed by atoms with E-state index in [2.05, 4.69) is 10.3 Å². The molecule has 0 aliphatic heterocycles. The third kappa shape index (κ3) is 6.51. The normalized spacial score (nSPS) is 15.1. The summed E-state index contributed by atoms with van der Waals surface area (Å²) in [6, 6.07) is 8.40. The lowest BCUT2D eigenvalue weighted by Gasteiger charge is -2.07.